The van der Waals surface area contributed by atoms with E-state index in [4.69, 9.17) is 9.25 Å². The molecule has 0 saturated heterocycles. The Bertz CT molecular complexity index is 587. The first-order valence-corrected chi connectivity index (χ1v) is 5.70. The molecule has 0 fully saturated rings. The highest BCUT2D eigenvalue weighted by atomic mass is 16.6. The van der Waals surface area contributed by atoms with Gasteiger partial charge < -0.3 is 9.25 Å². The molecule has 0 bridgehead atoms. The number of nitrogens with zero attached hydrogens (tertiary/aromatic N) is 2. The van der Waals surface area contributed by atoms with Gasteiger partial charge >= 0.3 is 0 Å². The summed E-state index contributed by atoms with van der Waals surface area (Å²) in [6.07, 6.45) is 1.47. The Morgan fingerprint density at radius 1 is 1.32 bits per heavy atom. The molecule has 6 heteroatoms. The lowest BCUT2D eigenvalue weighted by Crippen LogP contribution is -1.86. The van der Waals surface area contributed by atoms with Crippen LogP contribution in [0.25, 0.3) is 11.3 Å². The van der Waals surface area contributed by atoms with Gasteiger partial charge in [0, 0.05) is 17.7 Å². The largest absolute Gasteiger partial charge is 0.455 e. The van der Waals surface area contributed by atoms with Crippen LogP contribution >= 0.6 is 0 Å². The van der Waals surface area contributed by atoms with E-state index >= 15 is 0 Å². The predicted molar refractivity (Wildman–Crippen MR) is 70.0 cm³/mol. The topological polar surface area (TPSA) is 77.9 Å². The quantitative estimate of drug-likeness (QED) is 0.469. The normalized spacial score (nSPS) is 10.8. The number of furan rings is 1. The fourth-order valence-electron chi connectivity index (χ4n) is 1.49. The highest BCUT2D eigenvalue weighted by Gasteiger charge is 2.07. The third kappa shape index (κ3) is 3.19. The third-order valence-electron chi connectivity index (χ3n) is 2.37. The summed E-state index contributed by atoms with van der Waals surface area (Å²) >= 11 is 0. The minimum absolute atomic E-state index is 0.0495. The second kappa shape index (κ2) is 5.81. The zero-order valence-electron chi connectivity index (χ0n) is 10.3. The van der Waals surface area contributed by atoms with Crippen LogP contribution in [-0.2, 0) is 4.84 Å². The number of rotatable bonds is 5. The van der Waals surface area contributed by atoms with Crippen LogP contribution < -0.4 is 0 Å². The first-order valence-electron chi connectivity index (χ1n) is 5.70. The van der Waals surface area contributed by atoms with Crippen molar-refractivity contribution in [1.29, 1.82) is 0 Å². The van der Waals surface area contributed by atoms with Gasteiger partial charge in [-0.05, 0) is 31.2 Å². The first-order chi connectivity index (χ1) is 9.20. The number of oxime groups is 1. The van der Waals surface area contributed by atoms with Crippen molar-refractivity contribution in [2.75, 3.05) is 6.61 Å². The molecule has 0 atom stereocenters. The number of hydrogen-bond acceptors (Lipinski definition) is 5. The molecule has 0 saturated carbocycles. The van der Waals surface area contributed by atoms with E-state index in [9.17, 15) is 10.1 Å². The highest BCUT2D eigenvalue weighted by Crippen LogP contribution is 2.23. The van der Waals surface area contributed by atoms with Gasteiger partial charge in [-0.1, -0.05) is 5.16 Å². The van der Waals surface area contributed by atoms with E-state index in [1.54, 1.807) is 24.3 Å². The van der Waals surface area contributed by atoms with Crippen LogP contribution in [0.15, 0.2) is 46.0 Å². The fourth-order valence-corrected chi connectivity index (χ4v) is 1.49. The molecular weight excluding hydrogens is 248 g/mol. The molecular formula is C13H12N2O4. The fraction of sp³-hybridized carbons (Fsp3) is 0.154. The molecule has 0 aliphatic heterocycles. The van der Waals surface area contributed by atoms with Crippen molar-refractivity contribution >= 4 is 11.9 Å². The first kappa shape index (κ1) is 12.8. The molecule has 2 rings (SSSR count). The second-order valence-electron chi connectivity index (χ2n) is 3.66. The van der Waals surface area contributed by atoms with Gasteiger partial charge in [-0.3, -0.25) is 10.1 Å². The Hall–Kier alpha value is -2.63. The van der Waals surface area contributed by atoms with Gasteiger partial charge in [0.15, 0.2) is 0 Å². The van der Waals surface area contributed by atoms with Crippen LogP contribution in [0.4, 0.5) is 5.69 Å². The second-order valence-corrected chi connectivity index (χ2v) is 3.66. The zero-order chi connectivity index (χ0) is 13.7. The van der Waals surface area contributed by atoms with E-state index in [0.29, 0.717) is 18.1 Å². The number of nitro groups is 1. The van der Waals surface area contributed by atoms with Gasteiger partial charge in [-0.2, -0.15) is 0 Å². The minimum Gasteiger partial charge on any atom is -0.455 e. The standard InChI is InChI=1S/C13H12N2O4/c1-2-18-14-9-12-7-8-13(19-12)10-3-5-11(6-4-10)15(16)17/h3-9H,2H2,1H3/b14-9+. The van der Waals surface area contributed by atoms with Crippen molar-refractivity contribution in [2.24, 2.45) is 5.16 Å². The van der Waals surface area contributed by atoms with Crippen LogP contribution in [0, 0.1) is 10.1 Å². The number of non-ortho nitro benzene ring substituents is 1. The molecule has 1 aromatic carbocycles. The molecule has 0 radical (unpaired) electrons. The van der Waals surface area contributed by atoms with E-state index in [0.717, 1.165) is 5.56 Å². The number of nitro benzene ring substituents is 1. The molecule has 6 nitrogen and oxygen atoms in total. The predicted octanol–water partition coefficient (Wildman–Crippen LogP) is 3.23. The average molecular weight is 260 g/mol. The summed E-state index contributed by atoms with van der Waals surface area (Å²) in [5.74, 6) is 1.18. The highest BCUT2D eigenvalue weighted by molar-refractivity contribution is 5.77. The molecule has 1 heterocycles. The summed E-state index contributed by atoms with van der Waals surface area (Å²) in [6.45, 7) is 2.33. The van der Waals surface area contributed by atoms with Crippen LogP contribution in [0.5, 0.6) is 0 Å². The number of benzene rings is 1. The molecule has 0 unspecified atom stereocenters. The molecule has 0 amide bonds. The molecule has 1 aromatic heterocycles. The maximum Gasteiger partial charge on any atom is 0.269 e. The van der Waals surface area contributed by atoms with Gasteiger partial charge in [-0.25, -0.2) is 0 Å². The Labute approximate surface area is 109 Å². The van der Waals surface area contributed by atoms with Gasteiger partial charge in [-0.15, -0.1) is 0 Å². The molecule has 19 heavy (non-hydrogen) atoms. The van der Waals surface area contributed by atoms with E-state index in [2.05, 4.69) is 5.16 Å². The summed E-state index contributed by atoms with van der Waals surface area (Å²) < 4.78 is 5.52. The summed E-state index contributed by atoms with van der Waals surface area (Å²) in [4.78, 5) is 14.9. The Balaban J connectivity index is 2.16. The Kier molecular flexibility index (Phi) is 3.92. The SMILES string of the molecule is CCO/N=C/c1ccc(-c2ccc([N+](=O)[O-])cc2)o1. The van der Waals surface area contributed by atoms with Crippen LogP contribution in [0.2, 0.25) is 0 Å². The van der Waals surface area contributed by atoms with Crippen molar-refractivity contribution < 1.29 is 14.2 Å². The van der Waals surface area contributed by atoms with Gasteiger partial charge in [0.05, 0.1) is 4.92 Å². The molecule has 0 aliphatic rings. The monoisotopic (exact) mass is 260 g/mol. The van der Waals surface area contributed by atoms with E-state index in [1.165, 1.54) is 18.3 Å². The van der Waals surface area contributed by atoms with Crippen LogP contribution in [0.3, 0.4) is 0 Å². The molecule has 0 aliphatic carbocycles. The smallest absolute Gasteiger partial charge is 0.269 e. The summed E-state index contributed by atoms with van der Waals surface area (Å²) in [5, 5.41) is 14.2. The van der Waals surface area contributed by atoms with Crippen molar-refractivity contribution in [2.45, 2.75) is 6.92 Å². The molecule has 98 valence electrons. The lowest BCUT2D eigenvalue weighted by atomic mass is 10.1. The molecule has 0 N–H and O–H groups in total. The van der Waals surface area contributed by atoms with Gasteiger partial charge in [0.25, 0.3) is 5.69 Å². The van der Waals surface area contributed by atoms with Crippen molar-refractivity contribution in [3.8, 4) is 11.3 Å². The summed E-state index contributed by atoms with van der Waals surface area (Å²) in [6, 6.07) is 9.67. The maximum absolute atomic E-state index is 10.6. The Morgan fingerprint density at radius 3 is 2.68 bits per heavy atom. The van der Waals surface area contributed by atoms with Gasteiger partial charge in [0.2, 0.25) is 0 Å². The summed E-state index contributed by atoms with van der Waals surface area (Å²) in [5.41, 5.74) is 0.815. The third-order valence-corrected chi connectivity index (χ3v) is 2.37. The summed E-state index contributed by atoms with van der Waals surface area (Å²) in [7, 11) is 0. The Morgan fingerprint density at radius 2 is 2.05 bits per heavy atom. The lowest BCUT2D eigenvalue weighted by Gasteiger charge is -1.96. The van der Waals surface area contributed by atoms with E-state index in [-0.39, 0.29) is 5.69 Å². The van der Waals surface area contributed by atoms with Crippen molar-refractivity contribution in [1.82, 2.24) is 0 Å². The van der Waals surface area contributed by atoms with Crippen LogP contribution in [0.1, 0.15) is 12.7 Å². The van der Waals surface area contributed by atoms with E-state index in [1.807, 2.05) is 6.92 Å². The number of hydrogen-bond donors (Lipinski definition) is 0. The van der Waals surface area contributed by atoms with Gasteiger partial charge in [0.1, 0.15) is 24.3 Å². The van der Waals surface area contributed by atoms with Crippen molar-refractivity contribution in [3.63, 3.8) is 0 Å². The van der Waals surface area contributed by atoms with Crippen LogP contribution in [-0.4, -0.2) is 17.7 Å². The van der Waals surface area contributed by atoms with Crippen molar-refractivity contribution in [3.05, 3.63) is 52.3 Å². The minimum atomic E-state index is -0.438. The van der Waals surface area contributed by atoms with E-state index < -0.39 is 4.92 Å². The maximum atomic E-state index is 10.6. The molecule has 2 aromatic rings. The zero-order valence-corrected chi connectivity index (χ0v) is 10.3. The molecule has 0 spiro atoms. The lowest BCUT2D eigenvalue weighted by molar-refractivity contribution is -0.384. The average Bonchev–Trinajstić information content (AvgIpc) is 2.88.